The zero-order chi connectivity index (χ0) is 25.2. The van der Waals surface area contributed by atoms with E-state index in [0.717, 1.165) is 25.3 Å². The van der Waals surface area contributed by atoms with Gasteiger partial charge in [-0.2, -0.15) is 0 Å². The van der Waals surface area contributed by atoms with Gasteiger partial charge in [-0.05, 0) is 33.1 Å². The summed E-state index contributed by atoms with van der Waals surface area (Å²) < 4.78 is 53.0. The average molecular weight is 490 g/mol. The zero-order valence-corrected chi connectivity index (χ0v) is 20.2. The van der Waals surface area contributed by atoms with Crippen LogP contribution in [0.25, 0.3) is 0 Å². The molecule has 1 aliphatic heterocycles. The van der Waals surface area contributed by atoms with E-state index in [1.807, 2.05) is 13.7 Å². The third kappa shape index (κ3) is 5.61. The number of carbonyl (C=O) groups is 1. The van der Waals surface area contributed by atoms with Gasteiger partial charge in [0.15, 0.2) is 13.6 Å². The van der Waals surface area contributed by atoms with E-state index in [2.05, 4.69) is 20.6 Å². The van der Waals surface area contributed by atoms with Crippen LogP contribution in [-0.4, -0.2) is 41.9 Å². The molecule has 11 heteroatoms. The maximum absolute atomic E-state index is 14.9. The number of halogens is 3. The minimum atomic E-state index is -2.92. The fourth-order valence-corrected chi connectivity index (χ4v) is 4.59. The molecule has 2 N–H and O–H groups in total. The van der Waals surface area contributed by atoms with Crippen molar-refractivity contribution >= 4 is 19.0 Å². The molecule has 2 aromatic rings. The number of rotatable bonds is 9. The van der Waals surface area contributed by atoms with Crippen LogP contribution in [0.15, 0.2) is 18.2 Å². The number of hydrogen-bond donors (Lipinski definition) is 2. The molecule has 1 saturated heterocycles. The van der Waals surface area contributed by atoms with Crippen molar-refractivity contribution in [2.75, 3.05) is 18.5 Å². The summed E-state index contributed by atoms with van der Waals surface area (Å²) in [6.07, 6.45) is -0.788. The molecular formula is C24H30BF3N4O3. The number of nitrogens with zero attached hydrogens (tertiary/aromatic N) is 2. The second-order valence-corrected chi connectivity index (χ2v) is 9.35. The summed E-state index contributed by atoms with van der Waals surface area (Å²) in [7, 11) is 0.395. The van der Waals surface area contributed by atoms with Gasteiger partial charge in [-0.15, -0.1) is 0 Å². The van der Waals surface area contributed by atoms with Crippen LogP contribution in [0.3, 0.4) is 0 Å². The van der Waals surface area contributed by atoms with Gasteiger partial charge in [-0.25, -0.2) is 23.1 Å². The quantitative estimate of drug-likeness (QED) is 0.515. The molecule has 2 heterocycles. The number of alkyl halides is 2. The first-order valence-corrected chi connectivity index (χ1v) is 12.0. The van der Waals surface area contributed by atoms with E-state index in [4.69, 9.17) is 9.47 Å². The lowest BCUT2D eigenvalue weighted by atomic mass is 9.68. The highest BCUT2D eigenvalue weighted by Crippen LogP contribution is 2.35. The smallest absolute Gasteiger partial charge is 0.266 e. The Labute approximate surface area is 203 Å². The normalized spacial score (nSPS) is 18.3. The molecule has 1 amide bonds. The standard InChI is InChI=1S/C24H30BF3N4O3/c1-13-29-16(12-17(33)32-24(2)8-5-9-24)18(23-34-10-11-35-23)22(30-13)31-20(25-3)14-6-4-7-15(19(14)26)21(27)28/h4,6-7,20-21,23,25H,5,8-12H2,1-3H3,(H,32,33)(H,29,30,31). The highest BCUT2D eigenvalue weighted by molar-refractivity contribution is 6.36. The van der Waals surface area contributed by atoms with Crippen molar-refractivity contribution in [1.29, 1.82) is 0 Å². The van der Waals surface area contributed by atoms with Crippen molar-refractivity contribution in [1.82, 2.24) is 15.3 Å². The van der Waals surface area contributed by atoms with Crippen LogP contribution in [0, 0.1) is 12.7 Å². The summed E-state index contributed by atoms with van der Waals surface area (Å²) in [5.41, 5.74) is 0.167. The Hall–Kier alpha value is -2.66. The van der Waals surface area contributed by atoms with Gasteiger partial charge in [0.2, 0.25) is 5.91 Å². The minimum absolute atomic E-state index is 0.00178. The van der Waals surface area contributed by atoms with E-state index in [1.54, 1.807) is 6.92 Å². The summed E-state index contributed by atoms with van der Waals surface area (Å²) in [5.74, 6) is -1.04. The number of carbonyl (C=O) groups excluding carboxylic acids is 1. The van der Waals surface area contributed by atoms with E-state index in [1.165, 1.54) is 12.1 Å². The summed E-state index contributed by atoms with van der Waals surface area (Å²) in [6, 6.07) is 3.97. The van der Waals surface area contributed by atoms with Gasteiger partial charge < -0.3 is 20.1 Å². The minimum Gasteiger partial charge on any atom is -0.370 e. The van der Waals surface area contributed by atoms with Crippen LogP contribution in [-0.2, 0) is 20.7 Å². The molecule has 2 fully saturated rings. The maximum Gasteiger partial charge on any atom is 0.266 e. The Morgan fingerprint density at radius 2 is 1.91 bits per heavy atom. The van der Waals surface area contributed by atoms with Gasteiger partial charge in [0.25, 0.3) is 6.43 Å². The van der Waals surface area contributed by atoms with Gasteiger partial charge in [0, 0.05) is 17.0 Å². The molecule has 1 atom stereocenters. The van der Waals surface area contributed by atoms with Gasteiger partial charge in [0.1, 0.15) is 17.5 Å². The number of aromatic nitrogens is 2. The molecule has 2 aliphatic rings. The van der Waals surface area contributed by atoms with Crippen LogP contribution < -0.4 is 10.6 Å². The molecule has 1 aliphatic carbocycles. The van der Waals surface area contributed by atoms with E-state index < -0.39 is 30.0 Å². The monoisotopic (exact) mass is 490 g/mol. The number of amides is 1. The molecule has 4 rings (SSSR count). The number of ether oxygens (including phenoxy) is 2. The summed E-state index contributed by atoms with van der Waals surface area (Å²) in [6.45, 7) is 6.26. The molecule has 1 unspecified atom stereocenters. The first kappa shape index (κ1) is 25.4. The van der Waals surface area contributed by atoms with Gasteiger partial charge >= 0.3 is 0 Å². The average Bonchev–Trinajstić information content (AvgIpc) is 3.30. The summed E-state index contributed by atoms with van der Waals surface area (Å²) in [4.78, 5) is 21.9. The van der Waals surface area contributed by atoms with Gasteiger partial charge in [-0.3, -0.25) is 4.79 Å². The van der Waals surface area contributed by atoms with Crippen molar-refractivity contribution in [3.8, 4) is 0 Å². The van der Waals surface area contributed by atoms with E-state index in [-0.39, 0.29) is 23.4 Å². The SMILES string of the molecule is CBC(Nc1nc(C)nc(CC(=O)NC2(C)CCC2)c1C1OCCO1)c1cccc(C(F)F)c1F. The molecule has 1 saturated carbocycles. The van der Waals surface area contributed by atoms with Crippen LogP contribution in [0.1, 0.15) is 73.1 Å². The predicted octanol–water partition coefficient (Wildman–Crippen LogP) is 4.10. The third-order valence-electron chi connectivity index (χ3n) is 6.61. The molecule has 1 aromatic carbocycles. The Kier molecular flexibility index (Phi) is 7.66. The number of nitrogens with one attached hydrogen (secondary N) is 2. The molecule has 35 heavy (non-hydrogen) atoms. The Bertz CT molecular complexity index is 1080. The third-order valence-corrected chi connectivity index (χ3v) is 6.61. The zero-order valence-electron chi connectivity index (χ0n) is 20.2. The first-order valence-electron chi connectivity index (χ1n) is 12.0. The Morgan fingerprint density at radius 1 is 1.23 bits per heavy atom. The number of anilines is 1. The first-order chi connectivity index (χ1) is 16.7. The van der Waals surface area contributed by atoms with Crippen molar-refractivity contribution in [3.63, 3.8) is 0 Å². The van der Waals surface area contributed by atoms with E-state index in [0.29, 0.717) is 43.4 Å². The molecule has 0 spiro atoms. The van der Waals surface area contributed by atoms with Crippen LogP contribution in [0.2, 0.25) is 6.82 Å². The van der Waals surface area contributed by atoms with Gasteiger partial charge in [-0.1, -0.05) is 25.0 Å². The lowest BCUT2D eigenvalue weighted by molar-refractivity contribution is -0.123. The Morgan fingerprint density at radius 3 is 2.51 bits per heavy atom. The fourth-order valence-electron chi connectivity index (χ4n) is 4.59. The number of hydrogen-bond acceptors (Lipinski definition) is 6. The lowest BCUT2D eigenvalue weighted by Gasteiger charge is -2.39. The van der Waals surface area contributed by atoms with Crippen molar-refractivity contribution < 1.29 is 27.4 Å². The van der Waals surface area contributed by atoms with E-state index >= 15 is 0 Å². The highest BCUT2D eigenvalue weighted by atomic mass is 19.3. The summed E-state index contributed by atoms with van der Waals surface area (Å²) in [5, 5.41) is 6.27. The van der Waals surface area contributed by atoms with E-state index in [9.17, 15) is 18.0 Å². The number of benzene rings is 1. The Balaban J connectivity index is 1.68. The highest BCUT2D eigenvalue weighted by Gasteiger charge is 2.35. The molecule has 0 radical (unpaired) electrons. The topological polar surface area (TPSA) is 85.4 Å². The van der Waals surface area contributed by atoms with Crippen LogP contribution in [0.5, 0.6) is 0 Å². The van der Waals surface area contributed by atoms with Gasteiger partial charge in [0.05, 0.1) is 36.5 Å². The lowest BCUT2D eigenvalue weighted by Crippen LogP contribution is -2.51. The molecular weight excluding hydrogens is 460 g/mol. The molecule has 0 bridgehead atoms. The van der Waals surface area contributed by atoms with Crippen LogP contribution in [0.4, 0.5) is 19.0 Å². The van der Waals surface area contributed by atoms with Crippen molar-refractivity contribution in [2.24, 2.45) is 0 Å². The van der Waals surface area contributed by atoms with Crippen LogP contribution >= 0.6 is 0 Å². The summed E-state index contributed by atoms with van der Waals surface area (Å²) >= 11 is 0. The number of aryl methyl sites for hydroxylation is 1. The maximum atomic E-state index is 14.9. The second-order valence-electron chi connectivity index (χ2n) is 9.35. The second kappa shape index (κ2) is 10.5. The molecule has 7 nitrogen and oxygen atoms in total. The van der Waals surface area contributed by atoms with Crippen molar-refractivity contribution in [2.45, 2.75) is 70.5 Å². The molecule has 1 aromatic heterocycles. The van der Waals surface area contributed by atoms with Crippen molar-refractivity contribution in [3.05, 3.63) is 52.2 Å². The fraction of sp³-hybridized carbons (Fsp3) is 0.542. The predicted molar refractivity (Wildman–Crippen MR) is 126 cm³/mol. The largest absolute Gasteiger partial charge is 0.370 e. The molecule has 188 valence electrons.